The highest BCUT2D eigenvalue weighted by molar-refractivity contribution is 5.96. The van der Waals surface area contributed by atoms with E-state index >= 15 is 0 Å². The van der Waals surface area contributed by atoms with Gasteiger partial charge in [-0.1, -0.05) is 76.9 Å². The second-order valence-corrected chi connectivity index (χ2v) is 9.16. The number of carboxylic acids is 1. The minimum atomic E-state index is -1.12. The van der Waals surface area contributed by atoms with Crippen LogP contribution in [0.4, 0.5) is 0 Å². The third-order valence-electron chi connectivity index (χ3n) is 5.60. The maximum atomic E-state index is 11.5. The Morgan fingerprint density at radius 3 is 1.78 bits per heavy atom. The fourth-order valence-corrected chi connectivity index (χ4v) is 3.66. The molecule has 32 heavy (non-hydrogen) atoms. The van der Waals surface area contributed by atoms with Gasteiger partial charge in [0.25, 0.3) is 0 Å². The molecule has 0 radical (unpaired) electrons. The van der Waals surface area contributed by atoms with Crippen LogP contribution in [0.5, 0.6) is 0 Å². The minimum Gasteiger partial charge on any atom is -0.481 e. The van der Waals surface area contributed by atoms with E-state index in [2.05, 4.69) is 19.1 Å². The molecule has 0 aromatic rings. The van der Waals surface area contributed by atoms with Gasteiger partial charge in [-0.3, -0.25) is 9.59 Å². The van der Waals surface area contributed by atoms with Crippen LogP contribution in [-0.2, 0) is 19.1 Å². The topological polar surface area (TPSA) is 72.8 Å². The second-order valence-electron chi connectivity index (χ2n) is 9.16. The van der Waals surface area contributed by atoms with Crippen LogP contribution in [0.25, 0.3) is 0 Å². The van der Waals surface area contributed by atoms with Crippen LogP contribution in [0.3, 0.4) is 0 Å². The van der Waals surface area contributed by atoms with Crippen LogP contribution in [0, 0.1) is 5.92 Å². The molecule has 188 valence electrons. The largest absolute Gasteiger partial charge is 0.481 e. The molecule has 0 saturated carbocycles. The first-order chi connectivity index (χ1) is 15.4. The van der Waals surface area contributed by atoms with Crippen LogP contribution in [0.2, 0.25) is 0 Å². The first-order valence-electron chi connectivity index (χ1n) is 13.0. The van der Waals surface area contributed by atoms with Gasteiger partial charge in [0.05, 0.1) is 6.10 Å². The van der Waals surface area contributed by atoms with Gasteiger partial charge >= 0.3 is 5.97 Å². The van der Waals surface area contributed by atoms with Crippen molar-refractivity contribution in [1.82, 2.24) is 0 Å². The van der Waals surface area contributed by atoms with Gasteiger partial charge in [-0.05, 0) is 52.9 Å². The number of carboxylic acid groups (broad SMARTS) is 1. The Morgan fingerprint density at radius 1 is 0.812 bits per heavy atom. The van der Waals surface area contributed by atoms with Crippen LogP contribution < -0.4 is 0 Å². The van der Waals surface area contributed by atoms with E-state index in [9.17, 15) is 14.7 Å². The van der Waals surface area contributed by atoms with Crippen molar-refractivity contribution in [3.8, 4) is 0 Å². The Hall–Kier alpha value is -1.20. The van der Waals surface area contributed by atoms with Gasteiger partial charge in [0.15, 0.2) is 6.29 Å². The number of hydrogen-bond acceptors (Lipinski definition) is 4. The predicted octanol–water partition coefficient (Wildman–Crippen LogP) is 7.47. The molecule has 1 N–H and O–H groups in total. The molecule has 5 nitrogen and oxygen atoms in total. The van der Waals surface area contributed by atoms with Gasteiger partial charge in [0, 0.05) is 13.0 Å². The zero-order valence-corrected chi connectivity index (χ0v) is 21.3. The molecule has 0 spiro atoms. The van der Waals surface area contributed by atoms with Gasteiger partial charge in [-0.25, -0.2) is 0 Å². The number of carbonyl (C=O) groups excluding carboxylic acids is 1. The van der Waals surface area contributed by atoms with Crippen LogP contribution in [-0.4, -0.2) is 35.9 Å². The molecule has 5 heteroatoms. The maximum Gasteiger partial charge on any atom is 0.314 e. The van der Waals surface area contributed by atoms with E-state index in [-0.39, 0.29) is 18.3 Å². The van der Waals surface area contributed by atoms with E-state index < -0.39 is 18.2 Å². The lowest BCUT2D eigenvalue weighted by Crippen LogP contribution is -2.31. The number of rotatable bonds is 23. The van der Waals surface area contributed by atoms with Crippen molar-refractivity contribution in [2.45, 2.75) is 136 Å². The van der Waals surface area contributed by atoms with Gasteiger partial charge in [0.2, 0.25) is 0 Å². The highest BCUT2D eigenvalue weighted by Crippen LogP contribution is 2.16. The highest BCUT2D eigenvalue weighted by Gasteiger charge is 2.28. The summed E-state index contributed by atoms with van der Waals surface area (Å²) >= 11 is 0. The summed E-state index contributed by atoms with van der Waals surface area (Å²) in [6, 6.07) is 0. The molecule has 2 unspecified atom stereocenters. The lowest BCUT2D eigenvalue weighted by atomic mass is 10.0. The third kappa shape index (κ3) is 19.5. The molecule has 0 heterocycles. The first-order valence-corrected chi connectivity index (χ1v) is 13.0. The Balaban J connectivity index is 3.71. The molecule has 0 bridgehead atoms. The van der Waals surface area contributed by atoms with Gasteiger partial charge in [-0.15, -0.1) is 0 Å². The molecule has 0 aromatic heterocycles. The zero-order chi connectivity index (χ0) is 24.0. The van der Waals surface area contributed by atoms with Crippen molar-refractivity contribution in [3.05, 3.63) is 12.2 Å². The Kier molecular flexibility index (Phi) is 20.8. The molecular formula is C27H50O5. The van der Waals surface area contributed by atoms with E-state index in [0.29, 0.717) is 6.61 Å². The third-order valence-corrected chi connectivity index (χ3v) is 5.60. The summed E-state index contributed by atoms with van der Waals surface area (Å²) in [4.78, 5) is 22.8. The van der Waals surface area contributed by atoms with Crippen LogP contribution in [0.1, 0.15) is 124 Å². The molecule has 0 rings (SSSR count). The number of hydrogen-bond donors (Lipinski definition) is 1. The lowest BCUT2D eigenvalue weighted by molar-refractivity contribution is -0.179. The monoisotopic (exact) mass is 454 g/mol. The molecule has 0 aliphatic heterocycles. The highest BCUT2D eigenvalue weighted by atomic mass is 16.7. The number of ether oxygens (including phenoxy) is 2. The fraction of sp³-hybridized carbons (Fsp3) is 0.852. The normalized spacial score (nSPS) is 13.7. The summed E-state index contributed by atoms with van der Waals surface area (Å²) in [5.41, 5.74) is 0. The summed E-state index contributed by atoms with van der Waals surface area (Å²) in [6.07, 6.45) is 21.6. The van der Waals surface area contributed by atoms with Crippen molar-refractivity contribution >= 4 is 11.8 Å². The summed E-state index contributed by atoms with van der Waals surface area (Å²) in [6.45, 7) is 7.85. The van der Waals surface area contributed by atoms with Gasteiger partial charge in [0.1, 0.15) is 11.7 Å². The molecule has 0 amide bonds. The van der Waals surface area contributed by atoms with Crippen molar-refractivity contribution < 1.29 is 24.2 Å². The molecule has 0 aliphatic carbocycles. The van der Waals surface area contributed by atoms with Crippen molar-refractivity contribution in [1.29, 1.82) is 0 Å². The SMILES string of the molecule is CCCCCCCCC=CCCCCCCCCOC(CC(C(C)=O)C(=O)O)OC(C)C. The average Bonchev–Trinajstić information content (AvgIpc) is 2.73. The summed E-state index contributed by atoms with van der Waals surface area (Å²) in [5, 5.41) is 9.21. The van der Waals surface area contributed by atoms with E-state index in [0.717, 1.165) is 12.8 Å². The molecule has 0 aromatic carbocycles. The first kappa shape index (κ1) is 30.8. The zero-order valence-electron chi connectivity index (χ0n) is 21.3. The summed E-state index contributed by atoms with van der Waals surface area (Å²) in [5.74, 6) is -2.55. The number of carbonyl (C=O) groups is 2. The second kappa shape index (κ2) is 21.6. The number of ketones is 1. The Bertz CT molecular complexity index is 472. The molecule has 0 aliphatic rings. The van der Waals surface area contributed by atoms with E-state index in [4.69, 9.17) is 9.47 Å². The Morgan fingerprint density at radius 2 is 1.31 bits per heavy atom. The number of allylic oxidation sites excluding steroid dienone is 2. The van der Waals surface area contributed by atoms with Crippen LogP contribution >= 0.6 is 0 Å². The van der Waals surface area contributed by atoms with Crippen molar-refractivity contribution in [3.63, 3.8) is 0 Å². The number of aliphatic carboxylic acids is 1. The van der Waals surface area contributed by atoms with E-state index in [1.807, 2.05) is 13.8 Å². The van der Waals surface area contributed by atoms with Gasteiger partial charge in [-0.2, -0.15) is 0 Å². The molecule has 2 atom stereocenters. The summed E-state index contributed by atoms with van der Waals surface area (Å²) < 4.78 is 11.4. The predicted molar refractivity (Wildman–Crippen MR) is 132 cm³/mol. The van der Waals surface area contributed by atoms with E-state index in [1.54, 1.807) is 0 Å². The molecule has 0 saturated heterocycles. The van der Waals surface area contributed by atoms with Crippen molar-refractivity contribution in [2.24, 2.45) is 5.92 Å². The minimum absolute atomic E-state index is 0.0647. The van der Waals surface area contributed by atoms with Gasteiger partial charge < -0.3 is 14.6 Å². The average molecular weight is 455 g/mol. The van der Waals surface area contributed by atoms with Crippen molar-refractivity contribution in [2.75, 3.05) is 6.61 Å². The Labute approximate surface area is 197 Å². The maximum absolute atomic E-state index is 11.5. The van der Waals surface area contributed by atoms with Crippen LogP contribution in [0.15, 0.2) is 12.2 Å². The lowest BCUT2D eigenvalue weighted by Gasteiger charge is -2.23. The molecule has 0 fully saturated rings. The van der Waals surface area contributed by atoms with E-state index in [1.165, 1.54) is 84.0 Å². The number of Topliss-reactive ketones (excluding diaryl/α,β-unsaturated/α-hetero) is 1. The fourth-order valence-electron chi connectivity index (χ4n) is 3.66. The number of unbranched alkanes of at least 4 members (excludes halogenated alkanes) is 12. The molecular weight excluding hydrogens is 404 g/mol. The smallest absolute Gasteiger partial charge is 0.314 e. The summed E-state index contributed by atoms with van der Waals surface area (Å²) in [7, 11) is 0. The standard InChI is InChI=1S/C27H50O5/c1-5-6-7-8-9-10-11-12-13-14-15-16-17-18-19-20-21-31-26(32-23(2)3)22-25(24(4)28)27(29)30/h12-13,23,25-26H,5-11,14-22H2,1-4H3,(H,29,30). The quantitative estimate of drug-likeness (QED) is 0.0750.